The van der Waals surface area contributed by atoms with Crippen molar-refractivity contribution in [3.8, 4) is 11.5 Å². The summed E-state index contributed by atoms with van der Waals surface area (Å²) < 4.78 is 28.0. The largest absolute Gasteiger partial charge is 0.481 e. The minimum absolute atomic E-state index is 0.0394. The molecular weight excluding hydrogens is 714 g/mol. The summed E-state index contributed by atoms with van der Waals surface area (Å²) in [6.45, 7) is 5.76. The molecule has 1 aliphatic carbocycles. The van der Waals surface area contributed by atoms with Crippen LogP contribution in [0.3, 0.4) is 0 Å². The van der Waals surface area contributed by atoms with Crippen LogP contribution in [0.25, 0.3) is 0 Å². The van der Waals surface area contributed by atoms with Crippen LogP contribution in [-0.2, 0) is 38.2 Å². The Kier molecular flexibility index (Phi) is 22.8. The first kappa shape index (κ1) is 46.4. The Balaban J connectivity index is 1.38. The Hall–Kier alpha value is -4.02. The molecular formula is C45H67NO10. The molecule has 0 saturated heterocycles. The molecule has 1 aliphatic heterocycles. The van der Waals surface area contributed by atoms with Crippen LogP contribution < -0.4 is 9.47 Å². The highest BCUT2D eigenvalue weighted by Crippen LogP contribution is 2.38. The van der Waals surface area contributed by atoms with E-state index in [4.69, 9.17) is 23.7 Å². The molecule has 56 heavy (non-hydrogen) atoms. The molecule has 0 spiro atoms. The Morgan fingerprint density at radius 3 is 1.71 bits per heavy atom. The number of carbonyl (C=O) groups excluding carboxylic acids is 5. The quantitative estimate of drug-likeness (QED) is 0.0320. The molecule has 2 unspecified atom stereocenters. The van der Waals surface area contributed by atoms with Crippen molar-refractivity contribution in [2.75, 3.05) is 13.2 Å². The van der Waals surface area contributed by atoms with Crippen LogP contribution in [0.5, 0.6) is 11.5 Å². The normalized spacial score (nSPS) is 16.2. The Morgan fingerprint density at radius 2 is 1.14 bits per heavy atom. The smallest absolute Gasteiger partial charge is 0.311 e. The summed E-state index contributed by atoms with van der Waals surface area (Å²) in [6.07, 6.45) is 22.8. The van der Waals surface area contributed by atoms with Crippen molar-refractivity contribution in [2.45, 2.75) is 181 Å². The lowest BCUT2D eigenvalue weighted by Gasteiger charge is -2.30. The number of unbranched alkanes of at least 4 members (excludes halogenated alkanes) is 16. The highest BCUT2D eigenvalue weighted by atomic mass is 16.6. The summed E-state index contributed by atoms with van der Waals surface area (Å²) in [5.74, 6) is -1.62. The molecule has 3 rings (SSSR count). The van der Waals surface area contributed by atoms with Crippen LogP contribution in [0.1, 0.15) is 168 Å². The lowest BCUT2D eigenvalue weighted by Crippen LogP contribution is -2.40. The van der Waals surface area contributed by atoms with Gasteiger partial charge in [-0.15, -0.1) is 0 Å². The fraction of sp³-hybridized carbons (Fsp3) is 0.689. The van der Waals surface area contributed by atoms with Gasteiger partial charge in [0.15, 0.2) is 18.0 Å². The van der Waals surface area contributed by atoms with Gasteiger partial charge in [0.2, 0.25) is 0 Å². The molecule has 11 heteroatoms. The van der Waals surface area contributed by atoms with Gasteiger partial charge < -0.3 is 23.7 Å². The monoisotopic (exact) mass is 781 g/mol. The minimum Gasteiger partial charge on any atom is -0.481 e. The van der Waals surface area contributed by atoms with Crippen molar-refractivity contribution in [1.82, 2.24) is 0 Å². The predicted molar refractivity (Wildman–Crippen MR) is 216 cm³/mol. The standard InChI is InChI=1S/C45H67NO10/c1-4-6-8-10-12-14-16-18-20-23-41(48)52-32-36(55-43(50)24-21-19-17-15-13-11-9-7-5-2)33-53-42(49)25-22-26-44(51)54-35-27-28-37-40(31-35)56-45-34(3)39(47)30-29-38(45)46-37/h27-31,34,36,45H,4-26,32-33H2,1-3H3/t34?,36-,45?/m1/s1. The van der Waals surface area contributed by atoms with Crippen LogP contribution >= 0.6 is 0 Å². The van der Waals surface area contributed by atoms with Crippen molar-refractivity contribution in [3.05, 3.63) is 30.4 Å². The number of esters is 4. The second-order valence-corrected chi connectivity index (χ2v) is 15.2. The maximum absolute atomic E-state index is 12.7. The zero-order chi connectivity index (χ0) is 40.4. The number of carbonyl (C=O) groups is 5. The molecule has 312 valence electrons. The molecule has 0 fully saturated rings. The SMILES string of the molecule is CCCCCCCCCCCC(=O)OC[C@H](COC(=O)CCCC(=O)Oc1ccc2c(c1)OC1C(=N2)C=CC(=O)C1C)OC(=O)CCCCCCCCCCC. The van der Waals surface area contributed by atoms with Gasteiger partial charge in [-0.05, 0) is 43.5 Å². The summed E-state index contributed by atoms with van der Waals surface area (Å²) in [5.41, 5.74) is 1.25. The number of ether oxygens (including phenoxy) is 5. The van der Waals surface area contributed by atoms with Gasteiger partial charge in [-0.25, -0.2) is 4.99 Å². The highest BCUT2D eigenvalue weighted by Gasteiger charge is 2.34. The van der Waals surface area contributed by atoms with E-state index in [0.717, 1.165) is 38.5 Å². The first-order chi connectivity index (χ1) is 27.2. The molecule has 0 N–H and O–H groups in total. The molecule has 0 amide bonds. The molecule has 11 nitrogen and oxygen atoms in total. The van der Waals surface area contributed by atoms with Gasteiger partial charge in [0.25, 0.3) is 0 Å². The van der Waals surface area contributed by atoms with Crippen LogP contribution in [0.15, 0.2) is 35.3 Å². The number of hydrogen-bond acceptors (Lipinski definition) is 11. The predicted octanol–water partition coefficient (Wildman–Crippen LogP) is 10.2. The first-order valence-corrected chi connectivity index (χ1v) is 21.5. The molecule has 0 bridgehead atoms. The van der Waals surface area contributed by atoms with Gasteiger partial charge in [-0.2, -0.15) is 0 Å². The van der Waals surface area contributed by atoms with Crippen LogP contribution in [0.2, 0.25) is 0 Å². The Morgan fingerprint density at radius 1 is 0.643 bits per heavy atom. The molecule has 0 radical (unpaired) electrons. The second-order valence-electron chi connectivity index (χ2n) is 15.2. The third-order valence-electron chi connectivity index (χ3n) is 10.2. The van der Waals surface area contributed by atoms with Gasteiger partial charge in [-0.3, -0.25) is 24.0 Å². The van der Waals surface area contributed by atoms with Gasteiger partial charge in [0.05, 0.1) is 11.6 Å². The van der Waals surface area contributed by atoms with Gasteiger partial charge in [0.1, 0.15) is 30.4 Å². The van der Waals surface area contributed by atoms with E-state index in [1.165, 1.54) is 76.7 Å². The number of rotatable bonds is 30. The number of fused-ring (bicyclic) bond motifs is 2. The van der Waals surface area contributed by atoms with E-state index in [1.807, 2.05) is 0 Å². The van der Waals surface area contributed by atoms with Crippen molar-refractivity contribution in [3.63, 3.8) is 0 Å². The Labute approximate surface area is 334 Å². The van der Waals surface area contributed by atoms with Crippen molar-refractivity contribution >= 4 is 41.1 Å². The number of aliphatic imine (C=N–C) groups is 1. The summed E-state index contributed by atoms with van der Waals surface area (Å²) in [7, 11) is 0. The average molecular weight is 782 g/mol. The zero-order valence-electron chi connectivity index (χ0n) is 34.3. The van der Waals surface area contributed by atoms with E-state index in [2.05, 4.69) is 18.8 Å². The second kappa shape index (κ2) is 27.6. The lowest BCUT2D eigenvalue weighted by molar-refractivity contribution is -0.167. The van der Waals surface area contributed by atoms with Crippen LogP contribution in [0.4, 0.5) is 5.69 Å². The summed E-state index contributed by atoms with van der Waals surface area (Å²) in [5, 5.41) is 0. The van der Waals surface area contributed by atoms with Crippen molar-refractivity contribution in [2.24, 2.45) is 10.9 Å². The van der Waals surface area contributed by atoms with Crippen LogP contribution in [-0.4, -0.2) is 60.8 Å². The topological polar surface area (TPSA) is 144 Å². The summed E-state index contributed by atoms with van der Waals surface area (Å²) >= 11 is 0. The number of nitrogens with zero attached hydrogens (tertiary/aromatic N) is 1. The van der Waals surface area contributed by atoms with Crippen LogP contribution in [0, 0.1) is 5.92 Å². The molecule has 0 aromatic heterocycles. The number of hydrogen-bond donors (Lipinski definition) is 0. The fourth-order valence-corrected chi connectivity index (χ4v) is 6.70. The zero-order valence-corrected chi connectivity index (χ0v) is 34.3. The molecule has 1 aromatic rings. The van der Waals surface area contributed by atoms with Gasteiger partial charge >= 0.3 is 23.9 Å². The number of ketones is 1. The fourth-order valence-electron chi connectivity index (χ4n) is 6.70. The third-order valence-corrected chi connectivity index (χ3v) is 10.2. The van der Waals surface area contributed by atoms with Crippen molar-refractivity contribution in [1.29, 1.82) is 0 Å². The average Bonchev–Trinajstić information content (AvgIpc) is 3.18. The van der Waals surface area contributed by atoms with E-state index >= 15 is 0 Å². The van der Waals surface area contributed by atoms with Gasteiger partial charge in [-0.1, -0.05) is 124 Å². The molecule has 0 saturated carbocycles. The summed E-state index contributed by atoms with van der Waals surface area (Å²) in [6, 6.07) is 4.86. The van der Waals surface area contributed by atoms with Gasteiger partial charge in [0, 0.05) is 31.7 Å². The Bertz CT molecular complexity index is 1440. The molecule has 3 atom stereocenters. The summed E-state index contributed by atoms with van der Waals surface area (Å²) in [4.78, 5) is 67.1. The maximum atomic E-state index is 12.7. The van der Waals surface area contributed by atoms with E-state index in [0.29, 0.717) is 23.6 Å². The van der Waals surface area contributed by atoms with E-state index in [1.54, 1.807) is 31.2 Å². The molecule has 1 aromatic carbocycles. The van der Waals surface area contributed by atoms with E-state index in [9.17, 15) is 24.0 Å². The first-order valence-electron chi connectivity index (χ1n) is 21.5. The van der Waals surface area contributed by atoms with E-state index < -0.39 is 30.1 Å². The minimum atomic E-state index is -0.917. The number of benzene rings is 1. The molecule has 1 heterocycles. The van der Waals surface area contributed by atoms with E-state index in [-0.39, 0.29) is 68.7 Å². The van der Waals surface area contributed by atoms with Crippen molar-refractivity contribution < 1.29 is 47.7 Å². The lowest BCUT2D eigenvalue weighted by atomic mass is 9.89. The maximum Gasteiger partial charge on any atom is 0.311 e. The third kappa shape index (κ3) is 18.7. The number of allylic oxidation sites excluding steroid dienone is 1. The molecule has 2 aliphatic rings. The highest BCUT2D eigenvalue weighted by molar-refractivity contribution is 6.12.